The van der Waals surface area contributed by atoms with Crippen LogP contribution in [0.25, 0.3) is 0 Å². The molecule has 104 valence electrons. The van der Waals surface area contributed by atoms with Crippen LogP contribution in [0.4, 0.5) is 0 Å². The largest absolute Gasteiger partial charge is 0.483 e. The average molecular weight is 264 g/mol. The molecule has 1 aromatic rings. The normalized spacial score (nSPS) is 21.6. The number of hydrogen-bond donors (Lipinski definition) is 2. The third-order valence-corrected chi connectivity index (χ3v) is 3.34. The van der Waals surface area contributed by atoms with E-state index in [1.807, 2.05) is 24.3 Å². The molecule has 1 aromatic carbocycles. The van der Waals surface area contributed by atoms with E-state index < -0.39 is 0 Å². The molecular weight excluding hydrogens is 244 g/mol. The van der Waals surface area contributed by atoms with E-state index in [0.717, 1.165) is 18.4 Å². The predicted octanol–water partition coefficient (Wildman–Crippen LogP) is 0.818. The van der Waals surface area contributed by atoms with Gasteiger partial charge < -0.3 is 20.5 Å². The molecule has 19 heavy (non-hydrogen) atoms. The second-order valence-corrected chi connectivity index (χ2v) is 4.69. The number of benzene rings is 1. The number of para-hydroxylation sites is 1. The number of hydrogen-bond acceptors (Lipinski definition) is 4. The van der Waals surface area contributed by atoms with E-state index in [0.29, 0.717) is 12.3 Å². The van der Waals surface area contributed by atoms with Gasteiger partial charge in [-0.3, -0.25) is 4.79 Å². The first-order chi connectivity index (χ1) is 9.22. The maximum absolute atomic E-state index is 11.7. The zero-order valence-electron chi connectivity index (χ0n) is 11.1. The summed E-state index contributed by atoms with van der Waals surface area (Å²) in [6.07, 6.45) is 2.03. The molecule has 2 rings (SSSR count). The Bertz CT molecular complexity index is 430. The molecule has 0 spiro atoms. The lowest BCUT2D eigenvalue weighted by atomic mass is 9.89. The van der Waals surface area contributed by atoms with Crippen molar-refractivity contribution in [1.29, 1.82) is 0 Å². The Balaban J connectivity index is 1.74. The number of carbonyl (C=O) groups is 1. The number of carbonyl (C=O) groups excluding carboxylic acids is 1. The van der Waals surface area contributed by atoms with Gasteiger partial charge in [0, 0.05) is 25.3 Å². The van der Waals surface area contributed by atoms with E-state index in [1.165, 1.54) is 0 Å². The quantitative estimate of drug-likeness (QED) is 0.797. The molecule has 0 radical (unpaired) electrons. The fourth-order valence-electron chi connectivity index (χ4n) is 2.10. The van der Waals surface area contributed by atoms with Gasteiger partial charge in [-0.15, -0.1) is 0 Å². The van der Waals surface area contributed by atoms with Gasteiger partial charge in [-0.25, -0.2) is 0 Å². The Morgan fingerprint density at radius 3 is 2.84 bits per heavy atom. The molecule has 0 aromatic heterocycles. The SMILES string of the molecule is COC1CC(NC(=O)COc2ccccc2CN)C1. The van der Waals surface area contributed by atoms with Crippen molar-refractivity contribution in [2.45, 2.75) is 31.5 Å². The molecule has 0 aliphatic heterocycles. The average Bonchev–Trinajstić information content (AvgIpc) is 2.40. The summed E-state index contributed by atoms with van der Waals surface area (Å²) >= 11 is 0. The zero-order valence-corrected chi connectivity index (χ0v) is 11.1. The van der Waals surface area contributed by atoms with Gasteiger partial charge in [-0.05, 0) is 18.9 Å². The highest BCUT2D eigenvalue weighted by atomic mass is 16.5. The van der Waals surface area contributed by atoms with Gasteiger partial charge >= 0.3 is 0 Å². The van der Waals surface area contributed by atoms with Crippen LogP contribution in [0, 0.1) is 0 Å². The van der Waals surface area contributed by atoms with Crippen molar-refractivity contribution >= 4 is 5.91 Å². The van der Waals surface area contributed by atoms with Gasteiger partial charge in [0.05, 0.1) is 6.10 Å². The van der Waals surface area contributed by atoms with Crippen molar-refractivity contribution in [2.75, 3.05) is 13.7 Å². The van der Waals surface area contributed by atoms with Crippen molar-refractivity contribution in [2.24, 2.45) is 5.73 Å². The third kappa shape index (κ3) is 3.68. The molecule has 0 unspecified atom stereocenters. The summed E-state index contributed by atoms with van der Waals surface area (Å²) in [7, 11) is 1.69. The molecule has 1 aliphatic carbocycles. The molecule has 1 fully saturated rings. The second kappa shape index (κ2) is 6.54. The minimum atomic E-state index is -0.105. The summed E-state index contributed by atoms with van der Waals surface area (Å²) in [4.78, 5) is 11.7. The van der Waals surface area contributed by atoms with Crippen molar-refractivity contribution < 1.29 is 14.3 Å². The van der Waals surface area contributed by atoms with Crippen LogP contribution in [0.15, 0.2) is 24.3 Å². The van der Waals surface area contributed by atoms with Crippen molar-refractivity contribution in [3.63, 3.8) is 0 Å². The molecule has 0 saturated heterocycles. The van der Waals surface area contributed by atoms with Gasteiger partial charge in [0.1, 0.15) is 5.75 Å². The first-order valence-electron chi connectivity index (χ1n) is 6.46. The number of ether oxygens (including phenoxy) is 2. The minimum absolute atomic E-state index is 0.0190. The van der Waals surface area contributed by atoms with Crippen LogP contribution in [-0.4, -0.2) is 31.8 Å². The van der Waals surface area contributed by atoms with E-state index in [9.17, 15) is 4.79 Å². The van der Waals surface area contributed by atoms with Gasteiger partial charge in [0.15, 0.2) is 6.61 Å². The first-order valence-corrected chi connectivity index (χ1v) is 6.46. The van der Waals surface area contributed by atoms with E-state index in [1.54, 1.807) is 7.11 Å². The second-order valence-electron chi connectivity index (χ2n) is 4.69. The van der Waals surface area contributed by atoms with Crippen LogP contribution < -0.4 is 15.8 Å². The van der Waals surface area contributed by atoms with E-state index in [4.69, 9.17) is 15.2 Å². The van der Waals surface area contributed by atoms with Crippen molar-refractivity contribution in [1.82, 2.24) is 5.32 Å². The minimum Gasteiger partial charge on any atom is -0.483 e. The van der Waals surface area contributed by atoms with E-state index in [-0.39, 0.29) is 24.7 Å². The highest BCUT2D eigenvalue weighted by Crippen LogP contribution is 2.22. The summed E-state index contributed by atoms with van der Waals surface area (Å²) in [5, 5.41) is 2.91. The summed E-state index contributed by atoms with van der Waals surface area (Å²) in [6.45, 7) is 0.418. The fraction of sp³-hybridized carbons (Fsp3) is 0.500. The first kappa shape index (κ1) is 13.8. The maximum Gasteiger partial charge on any atom is 0.258 e. The monoisotopic (exact) mass is 264 g/mol. The highest BCUT2D eigenvalue weighted by molar-refractivity contribution is 5.78. The molecule has 5 heteroatoms. The lowest BCUT2D eigenvalue weighted by molar-refractivity contribution is -0.125. The van der Waals surface area contributed by atoms with Gasteiger partial charge in [0.25, 0.3) is 5.91 Å². The predicted molar refractivity (Wildman–Crippen MR) is 71.8 cm³/mol. The summed E-state index contributed by atoms with van der Waals surface area (Å²) in [5.74, 6) is 0.565. The lowest BCUT2D eigenvalue weighted by Crippen LogP contribution is -2.48. The summed E-state index contributed by atoms with van der Waals surface area (Å²) in [6, 6.07) is 7.68. The van der Waals surface area contributed by atoms with Crippen LogP contribution in [0.3, 0.4) is 0 Å². The smallest absolute Gasteiger partial charge is 0.258 e. The molecule has 0 heterocycles. The number of nitrogens with two attached hydrogens (primary N) is 1. The Morgan fingerprint density at radius 1 is 1.42 bits per heavy atom. The number of methoxy groups -OCH3 is 1. The molecule has 1 saturated carbocycles. The number of rotatable bonds is 6. The number of nitrogens with one attached hydrogen (secondary N) is 1. The van der Waals surface area contributed by atoms with Crippen LogP contribution in [-0.2, 0) is 16.1 Å². The topological polar surface area (TPSA) is 73.6 Å². The van der Waals surface area contributed by atoms with Crippen molar-refractivity contribution in [3.8, 4) is 5.75 Å². The Hall–Kier alpha value is -1.59. The van der Waals surface area contributed by atoms with Crippen LogP contribution in [0.2, 0.25) is 0 Å². The van der Waals surface area contributed by atoms with E-state index in [2.05, 4.69) is 5.32 Å². The molecular formula is C14H20N2O3. The molecule has 1 amide bonds. The summed E-state index contributed by atoms with van der Waals surface area (Å²) < 4.78 is 10.7. The van der Waals surface area contributed by atoms with Gasteiger partial charge in [-0.1, -0.05) is 18.2 Å². The van der Waals surface area contributed by atoms with Gasteiger partial charge in [0.2, 0.25) is 0 Å². The fourth-order valence-corrected chi connectivity index (χ4v) is 2.10. The maximum atomic E-state index is 11.7. The molecule has 0 atom stereocenters. The number of amides is 1. The Morgan fingerprint density at radius 2 is 2.16 bits per heavy atom. The van der Waals surface area contributed by atoms with Crippen LogP contribution in [0.1, 0.15) is 18.4 Å². The van der Waals surface area contributed by atoms with Crippen LogP contribution in [0.5, 0.6) is 5.75 Å². The standard InChI is InChI=1S/C14H20N2O3/c1-18-12-6-11(7-12)16-14(17)9-19-13-5-3-2-4-10(13)8-15/h2-5,11-12H,6-9,15H2,1H3,(H,16,17). The van der Waals surface area contributed by atoms with Crippen molar-refractivity contribution in [3.05, 3.63) is 29.8 Å². The zero-order chi connectivity index (χ0) is 13.7. The summed E-state index contributed by atoms with van der Waals surface area (Å²) in [5.41, 5.74) is 6.51. The van der Waals surface area contributed by atoms with Crippen LogP contribution >= 0.6 is 0 Å². The molecule has 5 nitrogen and oxygen atoms in total. The molecule has 0 bridgehead atoms. The Kier molecular flexibility index (Phi) is 4.76. The lowest BCUT2D eigenvalue weighted by Gasteiger charge is -2.34. The highest BCUT2D eigenvalue weighted by Gasteiger charge is 2.30. The molecule has 3 N–H and O–H groups in total. The molecule has 1 aliphatic rings. The Labute approximate surface area is 113 Å². The van der Waals surface area contributed by atoms with Gasteiger partial charge in [-0.2, -0.15) is 0 Å². The van der Waals surface area contributed by atoms with E-state index >= 15 is 0 Å². The third-order valence-electron chi connectivity index (χ3n) is 3.34.